The van der Waals surface area contributed by atoms with E-state index in [9.17, 15) is 12.8 Å². The van der Waals surface area contributed by atoms with Gasteiger partial charge in [-0.2, -0.15) is 5.10 Å². The van der Waals surface area contributed by atoms with Crippen molar-refractivity contribution < 1.29 is 12.8 Å². The molecular formula is C24H28FN3O2S. The maximum Gasteiger partial charge on any atom is 0.241 e. The number of hydrogen-bond donors (Lipinski definition) is 1. The Hall–Kier alpha value is -2.51. The first-order valence-electron chi connectivity index (χ1n) is 10.5. The van der Waals surface area contributed by atoms with E-state index in [2.05, 4.69) is 9.82 Å². The Kier molecular flexibility index (Phi) is 5.52. The summed E-state index contributed by atoms with van der Waals surface area (Å²) in [4.78, 5) is 0.222. The third-order valence-electron chi connectivity index (χ3n) is 5.60. The van der Waals surface area contributed by atoms with Crippen LogP contribution in [-0.4, -0.2) is 18.2 Å². The molecular weight excluding hydrogens is 413 g/mol. The molecule has 0 bridgehead atoms. The normalized spacial score (nSPS) is 15.8. The lowest BCUT2D eigenvalue weighted by molar-refractivity contribution is 0.359. The summed E-state index contributed by atoms with van der Waals surface area (Å²) in [5, 5.41) is 4.57. The number of nitrogens with zero attached hydrogens (tertiary/aromatic N) is 2. The third-order valence-corrected chi connectivity index (χ3v) is 7.06. The van der Waals surface area contributed by atoms with Gasteiger partial charge < -0.3 is 0 Å². The Morgan fingerprint density at radius 2 is 1.74 bits per heavy atom. The third kappa shape index (κ3) is 4.43. The van der Waals surface area contributed by atoms with E-state index < -0.39 is 21.6 Å². The minimum atomic E-state index is -3.75. The van der Waals surface area contributed by atoms with Crippen LogP contribution < -0.4 is 4.72 Å². The Labute approximate surface area is 183 Å². The molecule has 0 radical (unpaired) electrons. The topological polar surface area (TPSA) is 64.0 Å². The van der Waals surface area contributed by atoms with Crippen molar-refractivity contribution in [2.75, 3.05) is 0 Å². The van der Waals surface area contributed by atoms with Crippen molar-refractivity contribution in [1.82, 2.24) is 14.5 Å². The van der Waals surface area contributed by atoms with E-state index in [0.29, 0.717) is 16.8 Å². The second kappa shape index (κ2) is 7.88. The van der Waals surface area contributed by atoms with E-state index >= 15 is 0 Å². The van der Waals surface area contributed by atoms with E-state index in [4.69, 9.17) is 0 Å². The average Bonchev–Trinajstić information content (AvgIpc) is 3.44. The molecule has 0 spiro atoms. The van der Waals surface area contributed by atoms with Crippen molar-refractivity contribution >= 4 is 10.0 Å². The number of hydrogen-bond acceptors (Lipinski definition) is 3. The molecule has 1 N–H and O–H groups in total. The molecule has 5 nitrogen and oxygen atoms in total. The molecule has 7 heteroatoms. The fourth-order valence-electron chi connectivity index (χ4n) is 3.82. The Bertz CT molecular complexity index is 1190. The molecule has 1 atom stereocenters. The standard InChI is InChI=1S/C24H28FN3O2S/c1-16-9-13-18(14-10-16)31(29,30)27-22(17-11-12-17)20-15-26-28(24(2,3)4)23(20)19-7-5-6-8-21(19)25/h5-10,13-15,17,22,27H,11-12H2,1-4H3. The summed E-state index contributed by atoms with van der Waals surface area (Å²) < 4.78 is 45.9. The molecule has 1 unspecified atom stereocenters. The zero-order valence-electron chi connectivity index (χ0n) is 18.3. The van der Waals surface area contributed by atoms with Crippen LogP contribution in [0.1, 0.15) is 50.8 Å². The van der Waals surface area contributed by atoms with Crippen LogP contribution in [0.5, 0.6) is 0 Å². The maximum absolute atomic E-state index is 14.8. The van der Waals surface area contributed by atoms with Gasteiger partial charge in [0.2, 0.25) is 10.0 Å². The molecule has 1 aliphatic carbocycles. The number of rotatable bonds is 6. The molecule has 3 aromatic rings. The quantitative estimate of drug-likeness (QED) is 0.573. The number of aryl methyl sites for hydroxylation is 1. The maximum atomic E-state index is 14.8. The van der Waals surface area contributed by atoms with E-state index in [1.165, 1.54) is 6.07 Å². The first-order chi connectivity index (χ1) is 14.6. The van der Waals surface area contributed by atoms with E-state index in [-0.39, 0.29) is 16.6 Å². The summed E-state index contributed by atoms with van der Waals surface area (Å²) >= 11 is 0. The highest BCUT2D eigenvalue weighted by Gasteiger charge is 2.39. The molecule has 0 saturated heterocycles. The van der Waals surface area contributed by atoms with E-state index in [1.54, 1.807) is 53.3 Å². The van der Waals surface area contributed by atoms with Gasteiger partial charge in [-0.1, -0.05) is 29.8 Å². The summed E-state index contributed by atoms with van der Waals surface area (Å²) in [5.41, 5.74) is 2.34. The second-order valence-corrected chi connectivity index (χ2v) is 11.0. The summed E-state index contributed by atoms with van der Waals surface area (Å²) in [5.74, 6) is -0.200. The van der Waals surface area contributed by atoms with Crippen molar-refractivity contribution in [2.24, 2.45) is 5.92 Å². The summed E-state index contributed by atoms with van der Waals surface area (Å²) in [6, 6.07) is 12.9. The van der Waals surface area contributed by atoms with Gasteiger partial charge in [0, 0.05) is 11.1 Å². The van der Waals surface area contributed by atoms with Gasteiger partial charge in [-0.3, -0.25) is 4.68 Å². The van der Waals surface area contributed by atoms with Crippen molar-refractivity contribution in [3.8, 4) is 11.3 Å². The second-order valence-electron chi connectivity index (χ2n) is 9.26. The summed E-state index contributed by atoms with van der Waals surface area (Å²) in [7, 11) is -3.75. The molecule has 1 heterocycles. The molecule has 31 heavy (non-hydrogen) atoms. The van der Waals surface area contributed by atoms with E-state index in [0.717, 1.165) is 18.4 Å². The fraction of sp³-hybridized carbons (Fsp3) is 0.375. The van der Waals surface area contributed by atoms with Crippen molar-refractivity contribution in [2.45, 2.75) is 57.0 Å². The van der Waals surface area contributed by atoms with Crippen LogP contribution in [0.2, 0.25) is 0 Å². The van der Waals surface area contributed by atoms with Gasteiger partial charge in [0.1, 0.15) is 5.82 Å². The zero-order chi connectivity index (χ0) is 22.4. The predicted molar refractivity (Wildman–Crippen MR) is 120 cm³/mol. The van der Waals surface area contributed by atoms with Gasteiger partial charge in [0.25, 0.3) is 0 Å². The SMILES string of the molecule is Cc1ccc(S(=O)(=O)NC(c2cnn(C(C)(C)C)c2-c2ccccc2F)C2CC2)cc1. The van der Waals surface area contributed by atoms with Gasteiger partial charge in [0.05, 0.1) is 28.4 Å². The minimum Gasteiger partial charge on any atom is -0.259 e. The predicted octanol–water partition coefficient (Wildman–Crippen LogP) is 5.18. The van der Waals surface area contributed by atoms with Crippen LogP contribution in [0.3, 0.4) is 0 Å². The smallest absolute Gasteiger partial charge is 0.241 e. The fourth-order valence-corrected chi connectivity index (χ4v) is 5.10. The van der Waals surface area contributed by atoms with Gasteiger partial charge in [-0.15, -0.1) is 0 Å². The van der Waals surface area contributed by atoms with Crippen LogP contribution in [0.15, 0.2) is 59.6 Å². The largest absolute Gasteiger partial charge is 0.259 e. The number of nitrogens with one attached hydrogen (secondary N) is 1. The van der Waals surface area contributed by atoms with Crippen LogP contribution >= 0.6 is 0 Å². The molecule has 164 valence electrons. The van der Waals surface area contributed by atoms with Gasteiger partial charge in [-0.05, 0) is 70.7 Å². The number of benzene rings is 2. The van der Waals surface area contributed by atoms with Crippen molar-refractivity contribution in [3.05, 3.63) is 71.7 Å². The molecule has 1 fully saturated rings. The van der Waals surface area contributed by atoms with Crippen LogP contribution in [0.25, 0.3) is 11.3 Å². The van der Waals surface area contributed by atoms with Crippen molar-refractivity contribution in [3.63, 3.8) is 0 Å². The van der Waals surface area contributed by atoms with Crippen LogP contribution in [0.4, 0.5) is 4.39 Å². The number of halogens is 1. The molecule has 2 aromatic carbocycles. The first-order valence-corrected chi connectivity index (χ1v) is 12.0. The van der Waals surface area contributed by atoms with Gasteiger partial charge in [0.15, 0.2) is 0 Å². The summed E-state index contributed by atoms with van der Waals surface area (Å²) in [6.45, 7) is 7.91. The highest BCUT2D eigenvalue weighted by molar-refractivity contribution is 7.89. The lowest BCUT2D eigenvalue weighted by atomic mass is 9.98. The molecule has 1 saturated carbocycles. The van der Waals surface area contributed by atoms with Gasteiger partial charge >= 0.3 is 0 Å². The lowest BCUT2D eigenvalue weighted by Gasteiger charge is -2.25. The number of aromatic nitrogens is 2. The minimum absolute atomic E-state index is 0.156. The molecule has 0 aliphatic heterocycles. The zero-order valence-corrected chi connectivity index (χ0v) is 19.1. The average molecular weight is 442 g/mol. The Morgan fingerprint density at radius 3 is 2.32 bits per heavy atom. The van der Waals surface area contributed by atoms with Crippen molar-refractivity contribution in [1.29, 1.82) is 0 Å². The highest BCUT2D eigenvalue weighted by Crippen LogP contribution is 2.45. The van der Waals surface area contributed by atoms with Crippen LogP contribution in [0, 0.1) is 18.7 Å². The monoisotopic (exact) mass is 441 g/mol. The molecule has 0 amide bonds. The highest BCUT2D eigenvalue weighted by atomic mass is 32.2. The van der Waals surface area contributed by atoms with Gasteiger partial charge in [-0.25, -0.2) is 17.5 Å². The van der Waals surface area contributed by atoms with E-state index in [1.807, 2.05) is 27.7 Å². The first kappa shape index (κ1) is 21.7. The molecule has 4 rings (SSSR count). The number of sulfonamides is 1. The molecule has 1 aromatic heterocycles. The van der Waals surface area contributed by atoms with Crippen LogP contribution in [-0.2, 0) is 15.6 Å². The lowest BCUT2D eigenvalue weighted by Crippen LogP contribution is -2.31. The summed E-state index contributed by atoms with van der Waals surface area (Å²) in [6.07, 6.45) is 3.52. The Morgan fingerprint density at radius 1 is 1.10 bits per heavy atom. The molecule has 1 aliphatic rings. The Balaban J connectivity index is 1.82.